The fourth-order valence-corrected chi connectivity index (χ4v) is 1.12. The van der Waals surface area contributed by atoms with Crippen LogP contribution in [0.5, 0.6) is 5.75 Å². The predicted molar refractivity (Wildman–Crippen MR) is 50.3 cm³/mol. The number of nitrogens with one attached hydrogen (secondary N) is 1. The second-order valence-electron chi connectivity index (χ2n) is 2.74. The molecule has 0 heterocycles. The summed E-state index contributed by atoms with van der Waals surface area (Å²) < 4.78 is 28.1. The standard InChI is InChI=1S/C9H12F2N2O/c1-2-6-3-7(13-12)5-8(4-6)14-9(10)11/h3-5,9,13H,2,12H2,1H3. The lowest BCUT2D eigenvalue weighted by Gasteiger charge is -2.09. The van der Waals surface area contributed by atoms with Crippen LogP contribution in [-0.4, -0.2) is 6.61 Å². The van der Waals surface area contributed by atoms with Crippen LogP contribution in [0.3, 0.4) is 0 Å². The van der Waals surface area contributed by atoms with E-state index in [1.807, 2.05) is 6.92 Å². The van der Waals surface area contributed by atoms with E-state index in [1.54, 1.807) is 12.1 Å². The number of aryl methyl sites for hydroxylation is 1. The van der Waals surface area contributed by atoms with Crippen LogP contribution in [0.2, 0.25) is 0 Å². The first-order valence-electron chi connectivity index (χ1n) is 4.21. The van der Waals surface area contributed by atoms with Gasteiger partial charge in [-0.25, -0.2) is 0 Å². The molecule has 0 atom stereocenters. The summed E-state index contributed by atoms with van der Waals surface area (Å²) in [5.41, 5.74) is 3.83. The Morgan fingerprint density at radius 1 is 1.43 bits per heavy atom. The average molecular weight is 202 g/mol. The summed E-state index contributed by atoms with van der Waals surface area (Å²) in [7, 11) is 0. The van der Waals surface area contributed by atoms with Gasteiger partial charge in [-0.1, -0.05) is 6.92 Å². The average Bonchev–Trinajstić information content (AvgIpc) is 2.16. The van der Waals surface area contributed by atoms with Gasteiger partial charge in [0.2, 0.25) is 0 Å². The Kier molecular flexibility index (Phi) is 3.64. The Morgan fingerprint density at radius 2 is 2.14 bits per heavy atom. The minimum absolute atomic E-state index is 0.118. The van der Waals surface area contributed by atoms with Crippen LogP contribution < -0.4 is 16.0 Å². The third kappa shape index (κ3) is 2.85. The van der Waals surface area contributed by atoms with E-state index in [0.29, 0.717) is 5.69 Å². The zero-order chi connectivity index (χ0) is 10.6. The molecule has 0 radical (unpaired) electrons. The summed E-state index contributed by atoms with van der Waals surface area (Å²) in [6.07, 6.45) is 0.731. The highest BCUT2D eigenvalue weighted by atomic mass is 19.3. The number of halogens is 2. The molecule has 0 fully saturated rings. The van der Waals surface area contributed by atoms with Gasteiger partial charge in [0.1, 0.15) is 5.75 Å². The number of ether oxygens (including phenoxy) is 1. The van der Waals surface area contributed by atoms with Crippen molar-refractivity contribution >= 4 is 5.69 Å². The molecule has 0 amide bonds. The molecule has 0 aliphatic heterocycles. The molecule has 0 unspecified atom stereocenters. The highest BCUT2D eigenvalue weighted by molar-refractivity contribution is 5.50. The zero-order valence-corrected chi connectivity index (χ0v) is 7.76. The summed E-state index contributed by atoms with van der Waals surface area (Å²) in [6.45, 7) is -0.894. The van der Waals surface area contributed by atoms with Crippen LogP contribution in [0.4, 0.5) is 14.5 Å². The lowest BCUT2D eigenvalue weighted by Crippen LogP contribution is -2.08. The second kappa shape index (κ2) is 4.76. The first kappa shape index (κ1) is 10.7. The largest absolute Gasteiger partial charge is 0.435 e. The lowest BCUT2D eigenvalue weighted by molar-refractivity contribution is -0.0498. The topological polar surface area (TPSA) is 47.3 Å². The van der Waals surface area contributed by atoms with Gasteiger partial charge in [-0.2, -0.15) is 8.78 Å². The predicted octanol–water partition coefficient (Wildman–Crippen LogP) is 2.14. The van der Waals surface area contributed by atoms with Crippen molar-refractivity contribution in [2.75, 3.05) is 5.43 Å². The third-order valence-corrected chi connectivity index (χ3v) is 1.77. The smallest absolute Gasteiger partial charge is 0.387 e. The van der Waals surface area contributed by atoms with E-state index in [9.17, 15) is 8.78 Å². The van der Waals surface area contributed by atoms with Crippen molar-refractivity contribution in [3.63, 3.8) is 0 Å². The van der Waals surface area contributed by atoms with Gasteiger partial charge in [-0.3, -0.25) is 5.84 Å². The van der Waals surface area contributed by atoms with Crippen molar-refractivity contribution < 1.29 is 13.5 Å². The normalized spacial score (nSPS) is 10.4. The third-order valence-electron chi connectivity index (χ3n) is 1.77. The maximum absolute atomic E-state index is 11.9. The van der Waals surface area contributed by atoms with Gasteiger partial charge in [0.15, 0.2) is 0 Å². The molecular formula is C9H12F2N2O. The molecule has 0 saturated heterocycles. The molecule has 0 saturated carbocycles. The SMILES string of the molecule is CCc1cc(NN)cc(OC(F)F)c1. The van der Waals surface area contributed by atoms with Crippen molar-refractivity contribution in [3.8, 4) is 5.75 Å². The first-order valence-corrected chi connectivity index (χ1v) is 4.21. The summed E-state index contributed by atoms with van der Waals surface area (Å²) in [4.78, 5) is 0. The zero-order valence-electron chi connectivity index (χ0n) is 7.76. The fraction of sp³-hybridized carbons (Fsp3) is 0.333. The number of anilines is 1. The van der Waals surface area contributed by atoms with E-state index in [0.717, 1.165) is 12.0 Å². The second-order valence-corrected chi connectivity index (χ2v) is 2.74. The van der Waals surface area contributed by atoms with Crippen LogP contribution in [0.15, 0.2) is 18.2 Å². The van der Waals surface area contributed by atoms with E-state index in [4.69, 9.17) is 5.84 Å². The number of hydrogen-bond acceptors (Lipinski definition) is 3. The van der Waals surface area contributed by atoms with E-state index in [2.05, 4.69) is 10.2 Å². The number of nitrogen functional groups attached to an aromatic ring is 1. The Morgan fingerprint density at radius 3 is 2.64 bits per heavy atom. The van der Waals surface area contributed by atoms with E-state index < -0.39 is 6.61 Å². The number of alkyl halides is 2. The van der Waals surface area contributed by atoms with Gasteiger partial charge >= 0.3 is 6.61 Å². The quantitative estimate of drug-likeness (QED) is 0.580. The van der Waals surface area contributed by atoms with Crippen LogP contribution in [0, 0.1) is 0 Å². The lowest BCUT2D eigenvalue weighted by atomic mass is 10.1. The molecule has 1 rings (SSSR count). The molecule has 0 aliphatic carbocycles. The summed E-state index contributed by atoms with van der Waals surface area (Å²) >= 11 is 0. The number of hydrogen-bond donors (Lipinski definition) is 2. The summed E-state index contributed by atoms with van der Waals surface area (Å²) in [6, 6.07) is 4.76. The van der Waals surface area contributed by atoms with Crippen molar-refractivity contribution in [2.24, 2.45) is 5.84 Å². The molecule has 78 valence electrons. The van der Waals surface area contributed by atoms with Gasteiger partial charge in [-0.05, 0) is 24.1 Å². The Bertz CT molecular complexity index is 283. The van der Waals surface area contributed by atoms with Gasteiger partial charge in [0, 0.05) is 6.07 Å². The molecule has 1 aromatic carbocycles. The van der Waals surface area contributed by atoms with Crippen molar-refractivity contribution in [3.05, 3.63) is 23.8 Å². The highest BCUT2D eigenvalue weighted by Crippen LogP contribution is 2.22. The minimum atomic E-state index is -2.81. The van der Waals surface area contributed by atoms with Crippen molar-refractivity contribution in [2.45, 2.75) is 20.0 Å². The van der Waals surface area contributed by atoms with Crippen molar-refractivity contribution in [1.29, 1.82) is 0 Å². The van der Waals surface area contributed by atoms with E-state index >= 15 is 0 Å². The first-order chi connectivity index (χ1) is 6.65. The molecule has 0 bridgehead atoms. The monoisotopic (exact) mass is 202 g/mol. The summed E-state index contributed by atoms with van der Waals surface area (Å²) in [5.74, 6) is 5.30. The molecule has 3 N–H and O–H groups in total. The molecular weight excluding hydrogens is 190 g/mol. The maximum Gasteiger partial charge on any atom is 0.387 e. The molecule has 0 aliphatic rings. The molecule has 1 aromatic rings. The van der Waals surface area contributed by atoms with Crippen LogP contribution in [0.1, 0.15) is 12.5 Å². The number of hydrazine groups is 1. The highest BCUT2D eigenvalue weighted by Gasteiger charge is 2.06. The van der Waals surface area contributed by atoms with Crippen LogP contribution >= 0.6 is 0 Å². The minimum Gasteiger partial charge on any atom is -0.435 e. The van der Waals surface area contributed by atoms with Gasteiger partial charge in [-0.15, -0.1) is 0 Å². The van der Waals surface area contributed by atoms with E-state index in [-0.39, 0.29) is 5.75 Å². The molecule has 0 spiro atoms. The van der Waals surface area contributed by atoms with Gasteiger partial charge in [0.05, 0.1) is 5.69 Å². The molecule has 14 heavy (non-hydrogen) atoms. The van der Waals surface area contributed by atoms with Crippen molar-refractivity contribution in [1.82, 2.24) is 0 Å². The fourth-order valence-electron chi connectivity index (χ4n) is 1.12. The molecule has 3 nitrogen and oxygen atoms in total. The Hall–Kier alpha value is -1.36. The van der Waals surface area contributed by atoms with Crippen LogP contribution in [0.25, 0.3) is 0 Å². The maximum atomic E-state index is 11.9. The molecule has 5 heteroatoms. The van der Waals surface area contributed by atoms with E-state index in [1.165, 1.54) is 6.07 Å². The number of benzene rings is 1. The number of nitrogens with two attached hydrogens (primary N) is 1. The number of rotatable bonds is 4. The van der Waals surface area contributed by atoms with Crippen LogP contribution in [-0.2, 0) is 6.42 Å². The van der Waals surface area contributed by atoms with Gasteiger partial charge < -0.3 is 10.2 Å². The molecule has 0 aromatic heterocycles. The Balaban J connectivity index is 2.92. The Labute approximate surface area is 80.8 Å². The van der Waals surface area contributed by atoms with Gasteiger partial charge in [0.25, 0.3) is 0 Å². The summed E-state index contributed by atoms with van der Waals surface area (Å²) in [5, 5.41) is 0.